The Bertz CT molecular complexity index is 765. The Kier molecular flexibility index (Phi) is 6.17. The number of amides is 1. The van der Waals surface area contributed by atoms with Crippen LogP contribution in [-0.2, 0) is 11.3 Å². The summed E-state index contributed by atoms with van der Waals surface area (Å²) in [6, 6.07) is 5.47. The number of hydrogen-bond acceptors (Lipinski definition) is 4. The van der Waals surface area contributed by atoms with Crippen molar-refractivity contribution in [1.29, 1.82) is 0 Å². The number of methoxy groups -OCH3 is 1. The Morgan fingerprint density at radius 2 is 2.00 bits per heavy atom. The van der Waals surface area contributed by atoms with Gasteiger partial charge in [-0.15, -0.1) is 0 Å². The summed E-state index contributed by atoms with van der Waals surface area (Å²) in [5.41, 5.74) is 1.16. The zero-order valence-electron chi connectivity index (χ0n) is 15.7. The number of carbonyl (C=O) groups excluding carboxylic acids is 2. The van der Waals surface area contributed by atoms with E-state index in [9.17, 15) is 9.59 Å². The van der Waals surface area contributed by atoms with E-state index in [-0.39, 0.29) is 24.2 Å². The smallest absolute Gasteiger partial charge is 0.244 e. The highest BCUT2D eigenvalue weighted by atomic mass is 16.5. The maximum Gasteiger partial charge on any atom is 0.244 e. The fourth-order valence-electron chi connectivity index (χ4n) is 2.81. The molecule has 1 heterocycles. The molecule has 0 saturated carbocycles. The Morgan fingerprint density at radius 1 is 1.28 bits per heavy atom. The number of carbonyl (C=O) groups is 2. The largest absolute Gasteiger partial charge is 0.497 e. The molecule has 1 aromatic heterocycles. The van der Waals surface area contributed by atoms with Crippen LogP contribution in [0.1, 0.15) is 44.6 Å². The number of hydrogen-bond donors (Lipinski definition) is 0. The average Bonchev–Trinajstić information content (AvgIpc) is 2.96. The number of fused-ring (bicyclic) bond motifs is 1. The first kappa shape index (κ1) is 19.0. The molecule has 2 rings (SSSR count). The average molecular weight is 345 g/mol. The van der Waals surface area contributed by atoms with Gasteiger partial charge in [-0.25, -0.2) is 0 Å². The summed E-state index contributed by atoms with van der Waals surface area (Å²) in [5.74, 6) is 0.490. The predicted octanol–water partition coefficient (Wildman–Crippen LogP) is 3.14. The van der Waals surface area contributed by atoms with Crippen LogP contribution in [0.25, 0.3) is 10.9 Å². The number of ether oxygens (including phenoxy) is 1. The van der Waals surface area contributed by atoms with Crippen LogP contribution in [0.3, 0.4) is 0 Å². The quantitative estimate of drug-likeness (QED) is 0.690. The number of likely N-dealkylation sites (N-methyl/N-ethyl adjacent to an activating group) is 1. The van der Waals surface area contributed by atoms with Crippen LogP contribution in [0.15, 0.2) is 18.2 Å². The van der Waals surface area contributed by atoms with E-state index in [1.165, 1.54) is 0 Å². The first-order valence-electron chi connectivity index (χ1n) is 8.79. The highest BCUT2D eigenvalue weighted by Crippen LogP contribution is 2.25. The van der Waals surface area contributed by atoms with Gasteiger partial charge in [-0.3, -0.25) is 14.3 Å². The third-order valence-electron chi connectivity index (χ3n) is 4.23. The van der Waals surface area contributed by atoms with Crippen LogP contribution in [0.2, 0.25) is 0 Å². The van der Waals surface area contributed by atoms with Crippen molar-refractivity contribution in [1.82, 2.24) is 14.7 Å². The van der Waals surface area contributed by atoms with Crippen LogP contribution in [0, 0.1) is 5.92 Å². The van der Waals surface area contributed by atoms with E-state index in [2.05, 4.69) is 5.10 Å². The maximum absolute atomic E-state index is 12.6. The molecule has 0 atom stereocenters. The van der Waals surface area contributed by atoms with Crippen LogP contribution in [0.4, 0.5) is 0 Å². The molecule has 6 nitrogen and oxygen atoms in total. The SMILES string of the molecule is CCCN(CC)C(=O)Cn1nc(C(=O)C(C)C)c2ccc(OC)cc21. The zero-order chi connectivity index (χ0) is 18.6. The molecule has 2 aromatic rings. The summed E-state index contributed by atoms with van der Waals surface area (Å²) < 4.78 is 6.90. The van der Waals surface area contributed by atoms with E-state index in [4.69, 9.17) is 4.74 Å². The third-order valence-corrected chi connectivity index (χ3v) is 4.23. The fraction of sp³-hybridized carbons (Fsp3) is 0.526. The van der Waals surface area contributed by atoms with Gasteiger partial charge in [-0.1, -0.05) is 20.8 Å². The van der Waals surface area contributed by atoms with Gasteiger partial charge in [-0.05, 0) is 25.5 Å². The highest BCUT2D eigenvalue weighted by molar-refractivity contribution is 6.07. The van der Waals surface area contributed by atoms with Gasteiger partial charge in [-0.2, -0.15) is 5.10 Å². The lowest BCUT2D eigenvalue weighted by molar-refractivity contribution is -0.131. The fourth-order valence-corrected chi connectivity index (χ4v) is 2.81. The second-order valence-electron chi connectivity index (χ2n) is 6.38. The number of nitrogens with zero attached hydrogens (tertiary/aromatic N) is 3. The molecule has 0 aliphatic rings. The van der Waals surface area contributed by atoms with Crippen molar-refractivity contribution in [2.75, 3.05) is 20.2 Å². The summed E-state index contributed by atoms with van der Waals surface area (Å²) in [7, 11) is 1.59. The van der Waals surface area contributed by atoms with E-state index in [1.807, 2.05) is 45.9 Å². The first-order valence-corrected chi connectivity index (χ1v) is 8.79. The molecule has 0 N–H and O–H groups in total. The topological polar surface area (TPSA) is 64.4 Å². The van der Waals surface area contributed by atoms with Crippen molar-refractivity contribution in [3.05, 3.63) is 23.9 Å². The number of ketones is 1. The summed E-state index contributed by atoms with van der Waals surface area (Å²) in [6.45, 7) is 9.20. The van der Waals surface area contributed by atoms with Gasteiger partial charge in [0.25, 0.3) is 0 Å². The van der Waals surface area contributed by atoms with Gasteiger partial charge in [0.15, 0.2) is 5.78 Å². The zero-order valence-corrected chi connectivity index (χ0v) is 15.7. The standard InChI is InChI=1S/C19H27N3O3/c1-6-10-21(7-2)17(23)12-22-16-11-14(25-5)8-9-15(16)18(20-22)19(24)13(3)4/h8-9,11,13H,6-7,10,12H2,1-5H3. The van der Waals surface area contributed by atoms with E-state index in [1.54, 1.807) is 16.7 Å². The third kappa shape index (κ3) is 4.00. The molecule has 136 valence electrons. The van der Waals surface area contributed by atoms with E-state index in [0.29, 0.717) is 18.0 Å². The number of Topliss-reactive ketones (excluding diaryl/α,β-unsaturated/α-hetero) is 1. The van der Waals surface area contributed by atoms with Crippen molar-refractivity contribution in [2.24, 2.45) is 5.92 Å². The van der Waals surface area contributed by atoms with Crippen LogP contribution in [-0.4, -0.2) is 46.6 Å². The van der Waals surface area contributed by atoms with E-state index < -0.39 is 0 Å². The molecule has 0 radical (unpaired) electrons. The minimum absolute atomic E-state index is 0.000107. The monoisotopic (exact) mass is 345 g/mol. The second-order valence-corrected chi connectivity index (χ2v) is 6.38. The van der Waals surface area contributed by atoms with Gasteiger partial charge in [0.1, 0.15) is 18.0 Å². The van der Waals surface area contributed by atoms with Gasteiger partial charge in [0, 0.05) is 30.5 Å². The summed E-state index contributed by atoms with van der Waals surface area (Å²) in [4.78, 5) is 26.9. The summed E-state index contributed by atoms with van der Waals surface area (Å²) in [6.07, 6.45) is 0.907. The lowest BCUT2D eigenvalue weighted by Gasteiger charge is -2.20. The summed E-state index contributed by atoms with van der Waals surface area (Å²) >= 11 is 0. The van der Waals surface area contributed by atoms with Gasteiger partial charge >= 0.3 is 0 Å². The van der Waals surface area contributed by atoms with Gasteiger partial charge < -0.3 is 9.64 Å². The van der Waals surface area contributed by atoms with Gasteiger partial charge in [0.2, 0.25) is 5.91 Å². The van der Waals surface area contributed by atoms with Crippen molar-refractivity contribution >= 4 is 22.6 Å². The number of benzene rings is 1. The minimum Gasteiger partial charge on any atom is -0.497 e. The Balaban J connectivity index is 2.47. The van der Waals surface area contributed by atoms with E-state index in [0.717, 1.165) is 23.9 Å². The van der Waals surface area contributed by atoms with Crippen molar-refractivity contribution in [3.8, 4) is 5.75 Å². The molecule has 6 heteroatoms. The molecular weight excluding hydrogens is 318 g/mol. The molecule has 0 spiro atoms. The van der Waals surface area contributed by atoms with Crippen LogP contribution < -0.4 is 4.74 Å². The lowest BCUT2D eigenvalue weighted by atomic mass is 10.0. The van der Waals surface area contributed by atoms with Crippen LogP contribution in [0.5, 0.6) is 5.75 Å². The predicted molar refractivity (Wildman–Crippen MR) is 98.0 cm³/mol. The molecule has 0 aliphatic heterocycles. The summed E-state index contributed by atoms with van der Waals surface area (Å²) in [5, 5.41) is 5.22. The van der Waals surface area contributed by atoms with E-state index >= 15 is 0 Å². The maximum atomic E-state index is 12.6. The number of rotatable bonds is 8. The molecule has 0 saturated heterocycles. The Hall–Kier alpha value is -2.37. The molecule has 0 unspecified atom stereocenters. The first-order chi connectivity index (χ1) is 11.9. The normalized spacial score (nSPS) is 11.1. The molecular formula is C19H27N3O3. The van der Waals surface area contributed by atoms with Crippen molar-refractivity contribution in [2.45, 2.75) is 40.7 Å². The molecule has 0 fully saturated rings. The van der Waals surface area contributed by atoms with Crippen molar-refractivity contribution < 1.29 is 14.3 Å². The molecule has 25 heavy (non-hydrogen) atoms. The number of aromatic nitrogens is 2. The Morgan fingerprint density at radius 3 is 2.56 bits per heavy atom. The molecule has 0 aliphatic carbocycles. The molecule has 0 bridgehead atoms. The van der Waals surface area contributed by atoms with Crippen molar-refractivity contribution in [3.63, 3.8) is 0 Å². The second kappa shape index (κ2) is 8.14. The lowest BCUT2D eigenvalue weighted by Crippen LogP contribution is -2.34. The highest BCUT2D eigenvalue weighted by Gasteiger charge is 2.22. The Labute approximate surface area is 148 Å². The molecule has 1 amide bonds. The van der Waals surface area contributed by atoms with Gasteiger partial charge in [0.05, 0.1) is 12.6 Å². The minimum atomic E-state index is -0.156. The molecule has 1 aromatic carbocycles. The van der Waals surface area contributed by atoms with Crippen LogP contribution >= 0.6 is 0 Å².